The first kappa shape index (κ1) is 20.9. The van der Waals surface area contributed by atoms with Crippen LogP contribution in [0.3, 0.4) is 0 Å². The maximum Gasteiger partial charge on any atom is 0.263 e. The molecule has 4 aromatic rings. The quantitative estimate of drug-likeness (QED) is 0.441. The maximum atomic E-state index is 13.7. The van der Waals surface area contributed by atoms with Crippen LogP contribution in [0, 0.1) is 0 Å². The van der Waals surface area contributed by atoms with E-state index >= 15 is 0 Å². The average Bonchev–Trinajstić information content (AvgIpc) is 3.17. The molecule has 1 aliphatic rings. The zero-order chi connectivity index (χ0) is 22.1. The fraction of sp³-hybridized carbons (Fsp3) is 0.240. The third-order valence-electron chi connectivity index (χ3n) is 5.81. The number of aromatic nitrogens is 2. The van der Waals surface area contributed by atoms with Crippen LogP contribution in [0.2, 0.25) is 5.02 Å². The van der Waals surface area contributed by atoms with Crippen LogP contribution in [-0.4, -0.2) is 15.5 Å². The van der Waals surface area contributed by atoms with Gasteiger partial charge in [-0.15, -0.1) is 11.3 Å². The molecule has 0 bridgehead atoms. The van der Waals surface area contributed by atoms with Gasteiger partial charge in [0.25, 0.3) is 5.56 Å². The van der Waals surface area contributed by atoms with Gasteiger partial charge in [-0.2, -0.15) is 0 Å². The second kappa shape index (κ2) is 8.88. The van der Waals surface area contributed by atoms with E-state index in [-0.39, 0.29) is 18.0 Å². The number of para-hydroxylation sites is 1. The summed E-state index contributed by atoms with van der Waals surface area (Å²) < 4.78 is 1.53. The summed E-state index contributed by atoms with van der Waals surface area (Å²) >= 11 is 7.82. The number of thiophene rings is 1. The van der Waals surface area contributed by atoms with Gasteiger partial charge >= 0.3 is 0 Å². The molecule has 1 amide bonds. The molecule has 0 saturated carbocycles. The molecule has 0 atom stereocenters. The van der Waals surface area contributed by atoms with Gasteiger partial charge < -0.3 is 5.32 Å². The highest BCUT2D eigenvalue weighted by Gasteiger charge is 2.23. The predicted molar refractivity (Wildman–Crippen MR) is 130 cm³/mol. The summed E-state index contributed by atoms with van der Waals surface area (Å²) in [7, 11) is 0. The molecular formula is C25H22ClN3O2S. The van der Waals surface area contributed by atoms with Crippen LogP contribution >= 0.6 is 22.9 Å². The molecule has 162 valence electrons. The Morgan fingerprint density at radius 3 is 2.62 bits per heavy atom. The maximum absolute atomic E-state index is 13.7. The van der Waals surface area contributed by atoms with E-state index in [0.717, 1.165) is 41.6 Å². The lowest BCUT2D eigenvalue weighted by Crippen LogP contribution is -2.31. The molecule has 5 rings (SSSR count). The van der Waals surface area contributed by atoms with Gasteiger partial charge in [-0.25, -0.2) is 4.98 Å². The molecule has 2 aromatic carbocycles. The van der Waals surface area contributed by atoms with Crippen molar-refractivity contribution in [3.8, 4) is 0 Å². The molecule has 0 unspecified atom stereocenters. The van der Waals surface area contributed by atoms with Gasteiger partial charge in [0, 0.05) is 11.3 Å². The first-order chi connectivity index (χ1) is 15.6. The normalized spacial score (nSPS) is 13.2. The lowest BCUT2D eigenvalue weighted by Gasteiger charge is -2.14. The lowest BCUT2D eigenvalue weighted by atomic mass is 9.97. The number of anilines is 1. The smallest absolute Gasteiger partial charge is 0.263 e. The highest BCUT2D eigenvalue weighted by atomic mass is 35.5. The van der Waals surface area contributed by atoms with Crippen molar-refractivity contribution in [2.24, 2.45) is 0 Å². The number of benzene rings is 2. The van der Waals surface area contributed by atoms with Gasteiger partial charge in [-0.05, 0) is 48.9 Å². The van der Waals surface area contributed by atoms with Crippen LogP contribution < -0.4 is 10.9 Å². The molecule has 32 heavy (non-hydrogen) atoms. The van der Waals surface area contributed by atoms with Crippen LogP contribution in [0.25, 0.3) is 10.2 Å². The summed E-state index contributed by atoms with van der Waals surface area (Å²) in [6.07, 6.45) is 4.60. The molecule has 0 aliphatic heterocycles. The molecule has 2 aromatic heterocycles. The van der Waals surface area contributed by atoms with Crippen molar-refractivity contribution >= 4 is 44.7 Å². The highest BCUT2D eigenvalue weighted by Crippen LogP contribution is 2.34. The summed E-state index contributed by atoms with van der Waals surface area (Å²) in [5, 5.41) is 3.97. The predicted octanol–water partition coefficient (Wildman–Crippen LogP) is 5.22. The van der Waals surface area contributed by atoms with Crippen molar-refractivity contribution in [2.45, 2.75) is 38.6 Å². The van der Waals surface area contributed by atoms with E-state index in [2.05, 4.69) is 5.32 Å². The molecule has 5 nitrogen and oxygen atoms in total. The van der Waals surface area contributed by atoms with Crippen LogP contribution in [0.5, 0.6) is 0 Å². The van der Waals surface area contributed by atoms with Crippen molar-refractivity contribution in [2.75, 3.05) is 5.32 Å². The van der Waals surface area contributed by atoms with Crippen molar-refractivity contribution in [1.29, 1.82) is 0 Å². The minimum absolute atomic E-state index is 0.111. The second-order valence-electron chi connectivity index (χ2n) is 8.00. The van der Waals surface area contributed by atoms with E-state index in [0.29, 0.717) is 28.3 Å². The number of rotatable bonds is 5. The number of carbonyl (C=O) groups excluding carboxylic acids is 1. The fourth-order valence-electron chi connectivity index (χ4n) is 4.25. The Morgan fingerprint density at radius 2 is 1.81 bits per heavy atom. The van der Waals surface area contributed by atoms with Gasteiger partial charge in [0.1, 0.15) is 17.2 Å². The minimum Gasteiger partial charge on any atom is -0.323 e. The van der Waals surface area contributed by atoms with Crippen LogP contribution in [0.1, 0.15) is 34.7 Å². The molecule has 0 spiro atoms. The van der Waals surface area contributed by atoms with E-state index in [9.17, 15) is 9.59 Å². The number of amides is 1. The van der Waals surface area contributed by atoms with Crippen molar-refractivity contribution < 1.29 is 4.79 Å². The number of fused-ring (bicyclic) bond motifs is 3. The summed E-state index contributed by atoms with van der Waals surface area (Å²) in [5.41, 5.74) is 2.56. The van der Waals surface area contributed by atoms with Gasteiger partial charge in [-0.3, -0.25) is 14.2 Å². The summed E-state index contributed by atoms with van der Waals surface area (Å²) in [5.74, 6) is 0.293. The third-order valence-corrected chi connectivity index (χ3v) is 7.32. The van der Waals surface area contributed by atoms with E-state index in [1.807, 2.05) is 30.3 Å². The third kappa shape index (κ3) is 4.08. The number of halogens is 1. The Hall–Kier alpha value is -2.96. The first-order valence-corrected chi connectivity index (χ1v) is 11.9. The zero-order valence-electron chi connectivity index (χ0n) is 17.4. The number of hydrogen-bond donors (Lipinski definition) is 1. The molecule has 2 heterocycles. The SMILES string of the molecule is O=C(Cn1c(Cc2ccccc2)nc2sc3c(c2c1=O)CCCC3)Nc1ccccc1Cl. The number of nitrogens with one attached hydrogen (secondary N) is 1. The summed E-state index contributed by atoms with van der Waals surface area (Å²) in [6, 6.07) is 17.0. The van der Waals surface area contributed by atoms with Gasteiger partial charge in [0.05, 0.1) is 16.1 Å². The molecule has 0 radical (unpaired) electrons. The molecular weight excluding hydrogens is 442 g/mol. The summed E-state index contributed by atoms with van der Waals surface area (Å²) in [6.45, 7) is -0.111. The zero-order valence-corrected chi connectivity index (χ0v) is 19.0. The standard InChI is InChI=1S/C25H22ClN3O2S/c26-18-11-5-6-12-19(18)27-22(30)15-29-21(14-16-8-2-1-3-9-16)28-24-23(25(29)31)17-10-4-7-13-20(17)32-24/h1-3,5-6,8-9,11-12H,4,7,10,13-15H2,(H,27,30). The first-order valence-electron chi connectivity index (χ1n) is 10.7. The van der Waals surface area contributed by atoms with E-state index in [4.69, 9.17) is 16.6 Å². The van der Waals surface area contributed by atoms with Crippen molar-refractivity contribution in [3.63, 3.8) is 0 Å². The topological polar surface area (TPSA) is 64.0 Å². The molecule has 7 heteroatoms. The van der Waals surface area contributed by atoms with Crippen molar-refractivity contribution in [1.82, 2.24) is 9.55 Å². The molecule has 0 saturated heterocycles. The van der Waals surface area contributed by atoms with Gasteiger partial charge in [0.2, 0.25) is 5.91 Å². The van der Waals surface area contributed by atoms with E-state index in [1.165, 1.54) is 9.44 Å². The Morgan fingerprint density at radius 1 is 1.06 bits per heavy atom. The molecule has 1 N–H and O–H groups in total. The largest absolute Gasteiger partial charge is 0.323 e. The average molecular weight is 464 g/mol. The number of carbonyl (C=O) groups is 1. The Kier molecular flexibility index (Phi) is 5.81. The molecule has 0 fully saturated rings. The van der Waals surface area contributed by atoms with Crippen LogP contribution in [0.15, 0.2) is 59.4 Å². The van der Waals surface area contributed by atoms with Gasteiger partial charge in [-0.1, -0.05) is 54.1 Å². The van der Waals surface area contributed by atoms with Gasteiger partial charge in [0.15, 0.2) is 0 Å². The van der Waals surface area contributed by atoms with Crippen molar-refractivity contribution in [3.05, 3.63) is 91.8 Å². The monoisotopic (exact) mass is 463 g/mol. The molecule has 1 aliphatic carbocycles. The highest BCUT2D eigenvalue weighted by molar-refractivity contribution is 7.18. The Labute approximate surface area is 194 Å². The summed E-state index contributed by atoms with van der Waals surface area (Å²) in [4.78, 5) is 33.5. The van der Waals surface area contributed by atoms with Crippen LogP contribution in [0.4, 0.5) is 5.69 Å². The second-order valence-corrected chi connectivity index (χ2v) is 9.49. The Balaban J connectivity index is 1.57. The lowest BCUT2D eigenvalue weighted by molar-refractivity contribution is -0.116. The Bertz CT molecular complexity index is 1360. The number of hydrogen-bond acceptors (Lipinski definition) is 4. The van der Waals surface area contributed by atoms with E-state index in [1.54, 1.807) is 35.6 Å². The number of nitrogens with zero attached hydrogens (tertiary/aromatic N) is 2. The van der Waals surface area contributed by atoms with Crippen LogP contribution in [-0.2, 0) is 30.6 Å². The van der Waals surface area contributed by atoms with E-state index < -0.39 is 0 Å². The number of aryl methyl sites for hydroxylation is 2. The fourth-order valence-corrected chi connectivity index (χ4v) is 5.71. The minimum atomic E-state index is -0.306.